The van der Waals surface area contributed by atoms with Crippen molar-refractivity contribution in [2.45, 2.75) is 19.4 Å². The van der Waals surface area contributed by atoms with E-state index in [9.17, 15) is 4.79 Å². The van der Waals surface area contributed by atoms with Crippen LogP contribution in [0.5, 0.6) is 11.5 Å². The van der Waals surface area contributed by atoms with Crippen molar-refractivity contribution < 1.29 is 14.3 Å². The zero-order chi connectivity index (χ0) is 15.1. The molecule has 0 saturated carbocycles. The summed E-state index contributed by atoms with van der Waals surface area (Å²) >= 11 is 1.65. The summed E-state index contributed by atoms with van der Waals surface area (Å²) in [5.74, 6) is 1.53. The molecule has 0 spiro atoms. The summed E-state index contributed by atoms with van der Waals surface area (Å²) in [7, 11) is 3.23. The number of aryl methyl sites for hydroxylation is 1. The Morgan fingerprint density at radius 3 is 2.76 bits per heavy atom. The number of hydrogen-bond acceptors (Lipinski definition) is 4. The van der Waals surface area contributed by atoms with Gasteiger partial charge in [-0.25, -0.2) is 0 Å². The van der Waals surface area contributed by atoms with Crippen molar-refractivity contribution in [3.05, 3.63) is 46.2 Å². The highest BCUT2D eigenvalue weighted by atomic mass is 32.1. The van der Waals surface area contributed by atoms with Gasteiger partial charge in [-0.1, -0.05) is 0 Å². The molecule has 0 fully saturated rings. The maximum Gasteiger partial charge on any atom is 0.220 e. The summed E-state index contributed by atoms with van der Waals surface area (Å²) in [6, 6.07) is 7.59. The lowest BCUT2D eigenvalue weighted by molar-refractivity contribution is -0.121. The molecule has 0 aliphatic heterocycles. The zero-order valence-corrected chi connectivity index (χ0v) is 13.0. The molecule has 1 N–H and O–H groups in total. The predicted molar refractivity (Wildman–Crippen MR) is 84.0 cm³/mol. The number of rotatable bonds is 7. The van der Waals surface area contributed by atoms with Crippen LogP contribution in [-0.4, -0.2) is 20.1 Å². The predicted octanol–water partition coefficient (Wildman–Crippen LogP) is 3.01. The fourth-order valence-electron chi connectivity index (χ4n) is 2.00. The normalized spacial score (nSPS) is 10.2. The average molecular weight is 305 g/mol. The van der Waals surface area contributed by atoms with Gasteiger partial charge in [0.2, 0.25) is 5.91 Å². The zero-order valence-electron chi connectivity index (χ0n) is 12.2. The lowest BCUT2D eigenvalue weighted by Crippen LogP contribution is -2.23. The van der Waals surface area contributed by atoms with E-state index in [2.05, 4.69) is 10.7 Å². The fraction of sp³-hybridized carbons (Fsp3) is 0.312. The maximum absolute atomic E-state index is 11.9. The summed E-state index contributed by atoms with van der Waals surface area (Å²) in [6.45, 7) is 0.433. The number of nitrogens with one attached hydrogen (secondary N) is 1. The Kier molecular flexibility index (Phi) is 5.63. The Morgan fingerprint density at radius 1 is 1.24 bits per heavy atom. The lowest BCUT2D eigenvalue weighted by atomic mass is 10.1. The Hall–Kier alpha value is -2.01. The minimum Gasteiger partial charge on any atom is -0.497 e. The minimum absolute atomic E-state index is 0.0334. The molecule has 0 unspecified atom stereocenters. The van der Waals surface area contributed by atoms with Gasteiger partial charge in [0.05, 0.1) is 14.2 Å². The quantitative estimate of drug-likeness (QED) is 0.855. The highest BCUT2D eigenvalue weighted by Crippen LogP contribution is 2.23. The molecule has 1 aromatic heterocycles. The molecule has 4 nitrogen and oxygen atoms in total. The number of methoxy groups -OCH3 is 2. The van der Waals surface area contributed by atoms with Crippen molar-refractivity contribution in [1.29, 1.82) is 0 Å². The van der Waals surface area contributed by atoms with Gasteiger partial charge < -0.3 is 14.8 Å². The number of carbonyl (C=O) groups excluding carboxylic acids is 1. The fourth-order valence-corrected chi connectivity index (χ4v) is 2.70. The number of hydrogen-bond donors (Lipinski definition) is 1. The first-order chi connectivity index (χ1) is 10.2. The van der Waals surface area contributed by atoms with Gasteiger partial charge in [-0.05, 0) is 47.0 Å². The van der Waals surface area contributed by atoms with E-state index in [1.807, 2.05) is 29.6 Å². The second kappa shape index (κ2) is 7.69. The number of benzene rings is 1. The van der Waals surface area contributed by atoms with Gasteiger partial charge in [0.1, 0.15) is 11.5 Å². The van der Waals surface area contributed by atoms with Crippen molar-refractivity contribution in [2.75, 3.05) is 14.2 Å². The molecule has 1 heterocycles. The van der Waals surface area contributed by atoms with E-state index >= 15 is 0 Å². The highest BCUT2D eigenvalue weighted by molar-refractivity contribution is 7.07. The topological polar surface area (TPSA) is 47.6 Å². The Labute approximate surface area is 128 Å². The molecular formula is C16H19NO3S. The lowest BCUT2D eigenvalue weighted by Gasteiger charge is -2.11. The van der Waals surface area contributed by atoms with Crippen LogP contribution in [-0.2, 0) is 17.8 Å². The Balaban J connectivity index is 1.88. The van der Waals surface area contributed by atoms with E-state index in [4.69, 9.17) is 9.47 Å². The van der Waals surface area contributed by atoms with Crippen LogP contribution in [0.3, 0.4) is 0 Å². The van der Waals surface area contributed by atoms with Crippen molar-refractivity contribution in [2.24, 2.45) is 0 Å². The van der Waals surface area contributed by atoms with E-state index in [-0.39, 0.29) is 5.91 Å². The van der Waals surface area contributed by atoms with Crippen molar-refractivity contribution in [1.82, 2.24) is 5.32 Å². The number of thiophene rings is 1. The number of amides is 1. The Morgan fingerprint density at radius 2 is 2.10 bits per heavy atom. The van der Waals surface area contributed by atoms with E-state index in [0.29, 0.717) is 13.0 Å². The van der Waals surface area contributed by atoms with Crippen LogP contribution >= 0.6 is 11.3 Å². The second-order valence-corrected chi connectivity index (χ2v) is 5.37. The van der Waals surface area contributed by atoms with Gasteiger partial charge in [-0.3, -0.25) is 4.79 Å². The molecular weight excluding hydrogens is 286 g/mol. The van der Waals surface area contributed by atoms with Gasteiger partial charge in [-0.15, -0.1) is 0 Å². The largest absolute Gasteiger partial charge is 0.497 e. The first-order valence-electron chi connectivity index (χ1n) is 6.71. The van der Waals surface area contributed by atoms with Crippen LogP contribution in [0.15, 0.2) is 35.0 Å². The van der Waals surface area contributed by atoms with Gasteiger partial charge in [0, 0.05) is 18.5 Å². The van der Waals surface area contributed by atoms with Crippen LogP contribution in [0, 0.1) is 0 Å². The highest BCUT2D eigenvalue weighted by Gasteiger charge is 2.07. The molecule has 0 aliphatic rings. The SMILES string of the molecule is COc1ccc(OC)c(CNC(=O)CCc2ccsc2)c1. The molecule has 0 aliphatic carbocycles. The van der Waals surface area contributed by atoms with Gasteiger partial charge in [0.25, 0.3) is 0 Å². The first-order valence-corrected chi connectivity index (χ1v) is 7.66. The minimum atomic E-state index is 0.0334. The summed E-state index contributed by atoms with van der Waals surface area (Å²) in [4.78, 5) is 11.9. The van der Waals surface area contributed by atoms with Crippen molar-refractivity contribution in [3.63, 3.8) is 0 Å². The number of ether oxygens (including phenoxy) is 2. The van der Waals surface area contributed by atoms with E-state index in [1.54, 1.807) is 25.6 Å². The second-order valence-electron chi connectivity index (χ2n) is 4.59. The summed E-state index contributed by atoms with van der Waals surface area (Å²) < 4.78 is 10.5. The van der Waals surface area contributed by atoms with Gasteiger partial charge in [0.15, 0.2) is 0 Å². The van der Waals surface area contributed by atoms with Crippen LogP contribution in [0.1, 0.15) is 17.5 Å². The summed E-state index contributed by atoms with van der Waals surface area (Å²) in [5.41, 5.74) is 2.11. The van der Waals surface area contributed by atoms with Crippen LogP contribution in [0.25, 0.3) is 0 Å². The third kappa shape index (κ3) is 4.49. The molecule has 0 atom stereocenters. The molecule has 1 amide bonds. The molecule has 2 aromatic rings. The standard InChI is InChI=1S/C16H19NO3S/c1-19-14-4-5-15(20-2)13(9-14)10-17-16(18)6-3-12-7-8-21-11-12/h4-5,7-9,11H,3,6,10H2,1-2H3,(H,17,18). The van der Waals surface area contributed by atoms with E-state index in [1.165, 1.54) is 5.56 Å². The molecule has 21 heavy (non-hydrogen) atoms. The summed E-state index contributed by atoms with van der Waals surface area (Å²) in [5, 5.41) is 7.01. The Bertz CT molecular complexity index is 581. The molecule has 2 rings (SSSR count). The summed E-state index contributed by atoms with van der Waals surface area (Å²) in [6.07, 6.45) is 1.26. The molecule has 0 bridgehead atoms. The van der Waals surface area contributed by atoms with Gasteiger partial charge in [-0.2, -0.15) is 11.3 Å². The molecule has 5 heteroatoms. The van der Waals surface area contributed by atoms with E-state index < -0.39 is 0 Å². The van der Waals surface area contributed by atoms with Crippen molar-refractivity contribution >= 4 is 17.2 Å². The van der Waals surface area contributed by atoms with Crippen LogP contribution in [0.2, 0.25) is 0 Å². The smallest absolute Gasteiger partial charge is 0.220 e. The van der Waals surface area contributed by atoms with Gasteiger partial charge >= 0.3 is 0 Å². The third-order valence-electron chi connectivity index (χ3n) is 3.18. The monoisotopic (exact) mass is 305 g/mol. The van der Waals surface area contributed by atoms with Crippen LogP contribution in [0.4, 0.5) is 0 Å². The molecule has 112 valence electrons. The third-order valence-corrected chi connectivity index (χ3v) is 3.92. The average Bonchev–Trinajstić information content (AvgIpc) is 3.04. The molecule has 0 radical (unpaired) electrons. The maximum atomic E-state index is 11.9. The molecule has 1 aromatic carbocycles. The number of carbonyl (C=O) groups is 1. The van der Waals surface area contributed by atoms with Crippen molar-refractivity contribution in [3.8, 4) is 11.5 Å². The first kappa shape index (κ1) is 15.4. The van der Waals surface area contributed by atoms with Crippen LogP contribution < -0.4 is 14.8 Å². The molecule has 0 saturated heterocycles. The van der Waals surface area contributed by atoms with E-state index in [0.717, 1.165) is 23.5 Å².